The molecule has 0 aromatic carbocycles. The second-order valence-corrected chi connectivity index (χ2v) is 9.07. The van der Waals surface area contributed by atoms with Crippen LogP contribution in [0.2, 0.25) is 0 Å². The van der Waals surface area contributed by atoms with E-state index in [0.29, 0.717) is 30.0 Å². The first-order valence-corrected chi connectivity index (χ1v) is 11.5. The monoisotopic (exact) mass is 402 g/mol. The summed E-state index contributed by atoms with van der Waals surface area (Å²) in [6, 6.07) is 2.40. The van der Waals surface area contributed by atoms with E-state index >= 15 is 0 Å². The molecule has 1 aromatic heterocycles. The number of ether oxygens (including phenoxy) is 1. The molecule has 0 unspecified atom stereocenters. The van der Waals surface area contributed by atoms with Gasteiger partial charge in [-0.2, -0.15) is 0 Å². The van der Waals surface area contributed by atoms with Crippen molar-refractivity contribution >= 4 is 11.9 Å². The molecule has 0 bridgehead atoms. The molecule has 0 spiro atoms. The first-order valence-electron chi connectivity index (χ1n) is 11.5. The summed E-state index contributed by atoms with van der Waals surface area (Å²) in [5.74, 6) is 0.902. The predicted molar refractivity (Wildman–Crippen MR) is 115 cm³/mol. The number of hydrogen-bond donors (Lipinski definition) is 0. The van der Waals surface area contributed by atoms with E-state index in [1.807, 2.05) is 27.0 Å². The highest BCUT2D eigenvalue weighted by Gasteiger charge is 2.32. The van der Waals surface area contributed by atoms with Crippen LogP contribution in [0.1, 0.15) is 86.5 Å². The molecule has 0 aliphatic heterocycles. The van der Waals surface area contributed by atoms with Gasteiger partial charge in [0.05, 0.1) is 12.2 Å². The van der Waals surface area contributed by atoms with Crippen molar-refractivity contribution in [2.45, 2.75) is 91.1 Å². The zero-order valence-corrected chi connectivity index (χ0v) is 18.7. The van der Waals surface area contributed by atoms with Crippen molar-refractivity contribution in [1.82, 2.24) is 9.47 Å². The third-order valence-corrected chi connectivity index (χ3v) is 7.18. The van der Waals surface area contributed by atoms with Crippen LogP contribution >= 0.6 is 0 Å². The Morgan fingerprint density at radius 3 is 2.34 bits per heavy atom. The Balaban J connectivity index is 1.55. The van der Waals surface area contributed by atoms with Crippen LogP contribution in [0.15, 0.2) is 6.07 Å². The van der Waals surface area contributed by atoms with Gasteiger partial charge in [-0.25, -0.2) is 4.79 Å². The summed E-state index contributed by atoms with van der Waals surface area (Å²) < 4.78 is 7.44. The number of nitrogens with zero attached hydrogens (tertiary/aromatic N) is 2. The van der Waals surface area contributed by atoms with Gasteiger partial charge in [0, 0.05) is 36.9 Å². The summed E-state index contributed by atoms with van der Waals surface area (Å²) >= 11 is 0. The fraction of sp³-hybridized carbons (Fsp3) is 0.750. The fourth-order valence-corrected chi connectivity index (χ4v) is 5.28. The maximum Gasteiger partial charge on any atom is 0.339 e. The van der Waals surface area contributed by atoms with Crippen molar-refractivity contribution in [3.63, 3.8) is 0 Å². The van der Waals surface area contributed by atoms with Gasteiger partial charge < -0.3 is 14.2 Å². The molecule has 5 heteroatoms. The first-order chi connectivity index (χ1) is 13.9. The Morgan fingerprint density at radius 2 is 1.72 bits per heavy atom. The molecule has 1 amide bonds. The second-order valence-electron chi connectivity index (χ2n) is 9.07. The molecule has 162 valence electrons. The normalized spacial score (nSPS) is 23.0. The van der Waals surface area contributed by atoms with Crippen LogP contribution in [0.3, 0.4) is 0 Å². The van der Waals surface area contributed by atoms with Crippen LogP contribution in [0, 0.1) is 25.7 Å². The van der Waals surface area contributed by atoms with E-state index < -0.39 is 0 Å². The van der Waals surface area contributed by atoms with Crippen LogP contribution in [-0.4, -0.2) is 41.0 Å². The lowest BCUT2D eigenvalue weighted by molar-refractivity contribution is -0.138. The van der Waals surface area contributed by atoms with Gasteiger partial charge in [-0.3, -0.25) is 4.79 Å². The number of rotatable bonds is 6. The quantitative estimate of drug-likeness (QED) is 0.637. The van der Waals surface area contributed by atoms with Gasteiger partial charge in [0.15, 0.2) is 0 Å². The topological polar surface area (TPSA) is 51.5 Å². The molecule has 29 heavy (non-hydrogen) atoms. The van der Waals surface area contributed by atoms with E-state index in [9.17, 15) is 9.59 Å². The standard InChI is InChI=1S/C24H38N2O3/c1-5-29-24(28)22-15-17(2)26(18(22)3)16-19-11-13-20(14-12-19)23(27)25(4)21-9-7-6-8-10-21/h15,19-21H,5-14,16H2,1-4H3. The molecule has 2 aliphatic rings. The summed E-state index contributed by atoms with van der Waals surface area (Å²) in [6.07, 6.45) is 10.3. The number of hydrogen-bond acceptors (Lipinski definition) is 3. The molecule has 0 radical (unpaired) electrons. The Hall–Kier alpha value is -1.78. The van der Waals surface area contributed by atoms with Crippen LogP contribution in [0.4, 0.5) is 0 Å². The molecule has 3 rings (SSSR count). The number of esters is 1. The maximum atomic E-state index is 13.0. The second kappa shape index (κ2) is 9.82. The van der Waals surface area contributed by atoms with E-state index in [-0.39, 0.29) is 11.9 Å². The largest absolute Gasteiger partial charge is 0.462 e. The highest BCUT2D eigenvalue weighted by Crippen LogP contribution is 2.33. The highest BCUT2D eigenvalue weighted by molar-refractivity contribution is 5.91. The molecule has 2 fully saturated rings. The van der Waals surface area contributed by atoms with Crippen LogP contribution in [0.5, 0.6) is 0 Å². The average Bonchev–Trinajstić information content (AvgIpc) is 3.02. The lowest BCUT2D eigenvalue weighted by Gasteiger charge is -2.36. The van der Waals surface area contributed by atoms with Gasteiger partial charge in [-0.15, -0.1) is 0 Å². The van der Waals surface area contributed by atoms with E-state index in [2.05, 4.69) is 16.4 Å². The molecule has 0 atom stereocenters. The molecule has 0 N–H and O–H groups in total. The Labute approximate surface area is 175 Å². The Bertz CT molecular complexity index is 710. The van der Waals surface area contributed by atoms with Gasteiger partial charge in [-0.1, -0.05) is 19.3 Å². The van der Waals surface area contributed by atoms with Crippen molar-refractivity contribution in [3.05, 3.63) is 23.0 Å². The fourth-order valence-electron chi connectivity index (χ4n) is 5.28. The minimum Gasteiger partial charge on any atom is -0.462 e. The Kier molecular flexibility index (Phi) is 7.42. The molecule has 5 nitrogen and oxygen atoms in total. The van der Waals surface area contributed by atoms with Crippen LogP contribution < -0.4 is 0 Å². The van der Waals surface area contributed by atoms with Crippen molar-refractivity contribution in [3.8, 4) is 0 Å². The van der Waals surface area contributed by atoms with Crippen molar-refractivity contribution < 1.29 is 14.3 Å². The molecule has 2 saturated carbocycles. The van der Waals surface area contributed by atoms with E-state index in [0.717, 1.165) is 43.6 Å². The van der Waals surface area contributed by atoms with Gasteiger partial charge >= 0.3 is 5.97 Å². The summed E-state index contributed by atoms with van der Waals surface area (Å²) in [7, 11) is 2.02. The number of carbonyl (C=O) groups is 2. The van der Waals surface area contributed by atoms with Gasteiger partial charge in [0.1, 0.15) is 0 Å². The first kappa shape index (κ1) is 21.9. The van der Waals surface area contributed by atoms with Crippen molar-refractivity contribution in [2.75, 3.05) is 13.7 Å². The third kappa shape index (κ3) is 5.04. The molecule has 2 aliphatic carbocycles. The van der Waals surface area contributed by atoms with Gasteiger partial charge in [0.2, 0.25) is 5.91 Å². The van der Waals surface area contributed by atoms with Gasteiger partial charge in [0.25, 0.3) is 0 Å². The molecule has 1 heterocycles. The predicted octanol–water partition coefficient (Wildman–Crippen LogP) is 4.88. The highest BCUT2D eigenvalue weighted by atomic mass is 16.5. The number of carbonyl (C=O) groups excluding carboxylic acids is 2. The average molecular weight is 403 g/mol. The van der Waals surface area contributed by atoms with Crippen molar-refractivity contribution in [1.29, 1.82) is 0 Å². The van der Waals surface area contributed by atoms with Crippen LogP contribution in [-0.2, 0) is 16.1 Å². The van der Waals surface area contributed by atoms with E-state index in [1.54, 1.807) is 0 Å². The van der Waals surface area contributed by atoms with E-state index in [4.69, 9.17) is 4.74 Å². The summed E-state index contributed by atoms with van der Waals surface area (Å²) in [4.78, 5) is 27.2. The molecule has 1 aromatic rings. The SMILES string of the molecule is CCOC(=O)c1cc(C)n(CC2CCC(C(=O)N(C)C3CCCCC3)CC2)c1C. The maximum absolute atomic E-state index is 13.0. The zero-order chi connectivity index (χ0) is 21.0. The Morgan fingerprint density at radius 1 is 1.07 bits per heavy atom. The van der Waals surface area contributed by atoms with E-state index in [1.165, 1.54) is 32.1 Å². The lowest BCUT2D eigenvalue weighted by Crippen LogP contribution is -2.42. The number of aromatic nitrogens is 1. The van der Waals surface area contributed by atoms with Crippen molar-refractivity contribution in [2.24, 2.45) is 11.8 Å². The number of aryl methyl sites for hydroxylation is 1. The smallest absolute Gasteiger partial charge is 0.339 e. The van der Waals surface area contributed by atoms with Gasteiger partial charge in [-0.05, 0) is 71.3 Å². The van der Waals surface area contributed by atoms with Crippen LogP contribution in [0.25, 0.3) is 0 Å². The summed E-state index contributed by atoms with van der Waals surface area (Å²) in [5, 5.41) is 0. The summed E-state index contributed by atoms with van der Waals surface area (Å²) in [5.41, 5.74) is 2.79. The summed E-state index contributed by atoms with van der Waals surface area (Å²) in [6.45, 7) is 7.23. The number of amides is 1. The molecular formula is C24H38N2O3. The minimum atomic E-state index is -0.230. The molecule has 0 saturated heterocycles. The molecular weight excluding hydrogens is 364 g/mol. The lowest BCUT2D eigenvalue weighted by atomic mass is 9.80. The zero-order valence-electron chi connectivity index (χ0n) is 18.7. The third-order valence-electron chi connectivity index (χ3n) is 7.18. The minimum absolute atomic E-state index is 0.195.